The maximum atomic E-state index is 12.7. The summed E-state index contributed by atoms with van der Waals surface area (Å²) < 4.78 is 8.03. The Labute approximate surface area is 173 Å². The Morgan fingerprint density at radius 3 is 2.93 bits per heavy atom. The molecule has 2 amide bonds. The fraction of sp³-hybridized carbons (Fsp3) is 0.474. The minimum atomic E-state index is -0.111. The van der Waals surface area contributed by atoms with E-state index in [1.165, 1.54) is 11.3 Å². The Bertz CT molecular complexity index is 1030. The van der Waals surface area contributed by atoms with Gasteiger partial charge in [0.05, 0.1) is 18.0 Å². The third-order valence-electron chi connectivity index (χ3n) is 5.00. The van der Waals surface area contributed by atoms with Crippen LogP contribution in [0.3, 0.4) is 0 Å². The first-order valence-electron chi connectivity index (χ1n) is 9.47. The number of anilines is 1. The number of ether oxygens (including phenoxy) is 1. The number of carbonyl (C=O) groups is 1. The molecule has 9 nitrogen and oxygen atoms in total. The molecule has 0 radical (unpaired) electrons. The molecule has 0 unspecified atom stereocenters. The van der Waals surface area contributed by atoms with Gasteiger partial charge in [-0.1, -0.05) is 11.3 Å². The molecular weight excluding hydrogens is 390 g/mol. The van der Waals surface area contributed by atoms with E-state index in [0.29, 0.717) is 22.4 Å². The van der Waals surface area contributed by atoms with Crippen LogP contribution < -0.4 is 10.1 Å². The van der Waals surface area contributed by atoms with Gasteiger partial charge in [0.15, 0.2) is 5.13 Å². The minimum Gasteiger partial charge on any atom is -0.479 e. The number of likely N-dealkylation sites (tertiary alicyclic amines) is 1. The smallest absolute Gasteiger partial charge is 0.323 e. The summed E-state index contributed by atoms with van der Waals surface area (Å²) in [5.74, 6) is 0.948. The van der Waals surface area contributed by atoms with Crippen LogP contribution in [-0.2, 0) is 7.05 Å². The van der Waals surface area contributed by atoms with E-state index in [-0.39, 0.29) is 6.03 Å². The summed E-state index contributed by atoms with van der Waals surface area (Å²) in [6, 6.07) is -0.111. The van der Waals surface area contributed by atoms with Gasteiger partial charge in [-0.3, -0.25) is 10.00 Å². The lowest BCUT2D eigenvalue weighted by atomic mass is 10.1. The van der Waals surface area contributed by atoms with Crippen molar-refractivity contribution in [2.45, 2.75) is 6.42 Å². The number of aromatic nitrogens is 4. The molecule has 154 valence electrons. The highest BCUT2D eigenvalue weighted by Crippen LogP contribution is 2.38. The monoisotopic (exact) mass is 415 g/mol. The van der Waals surface area contributed by atoms with Crippen LogP contribution >= 0.6 is 11.3 Å². The van der Waals surface area contributed by atoms with Crippen molar-refractivity contribution in [2.75, 3.05) is 46.2 Å². The van der Waals surface area contributed by atoms with Gasteiger partial charge < -0.3 is 14.5 Å². The van der Waals surface area contributed by atoms with E-state index in [0.717, 1.165) is 41.9 Å². The summed E-state index contributed by atoms with van der Waals surface area (Å²) in [7, 11) is 7.56. The lowest BCUT2D eigenvalue weighted by molar-refractivity contribution is 0.219. The fourth-order valence-corrected chi connectivity index (χ4v) is 4.69. The van der Waals surface area contributed by atoms with Crippen molar-refractivity contribution in [3.8, 4) is 17.0 Å². The zero-order chi connectivity index (χ0) is 20.5. The van der Waals surface area contributed by atoms with Gasteiger partial charge in [0.1, 0.15) is 5.52 Å². The molecule has 0 aromatic carbocycles. The number of methoxy groups -OCH3 is 1. The van der Waals surface area contributed by atoms with E-state index in [1.807, 2.05) is 18.1 Å². The third-order valence-corrected chi connectivity index (χ3v) is 6.01. The van der Waals surface area contributed by atoms with Crippen molar-refractivity contribution in [1.82, 2.24) is 29.5 Å². The van der Waals surface area contributed by atoms with Gasteiger partial charge in [-0.25, -0.2) is 14.8 Å². The van der Waals surface area contributed by atoms with Crippen LogP contribution in [0.4, 0.5) is 9.93 Å². The van der Waals surface area contributed by atoms with Crippen LogP contribution in [0, 0.1) is 5.92 Å². The highest BCUT2D eigenvalue weighted by atomic mass is 32.1. The summed E-state index contributed by atoms with van der Waals surface area (Å²) >= 11 is 1.42. The number of thiazole rings is 1. The summed E-state index contributed by atoms with van der Waals surface area (Å²) in [4.78, 5) is 25.7. The molecule has 10 heteroatoms. The van der Waals surface area contributed by atoms with Crippen molar-refractivity contribution in [3.63, 3.8) is 0 Å². The molecule has 0 bridgehead atoms. The molecule has 1 N–H and O–H groups in total. The molecule has 3 aromatic rings. The fourth-order valence-electron chi connectivity index (χ4n) is 3.71. The normalized spacial score (nSPS) is 16.7. The largest absolute Gasteiger partial charge is 0.479 e. The molecule has 1 atom stereocenters. The Balaban J connectivity index is 1.58. The standard InChI is InChI=1S/C19H25N7O2S/c1-24(2)9-12-5-6-26(10-12)19(27)23-18-22-15-16(29-18)14(8-20-17(15)28-4)13-7-21-25(3)11-13/h7-8,11-12H,5-6,9-10H2,1-4H3,(H,22,23,27)/t12-/m1/s1. The Morgan fingerprint density at radius 2 is 2.24 bits per heavy atom. The van der Waals surface area contributed by atoms with Crippen LogP contribution in [0.25, 0.3) is 21.3 Å². The number of urea groups is 1. The second-order valence-electron chi connectivity index (χ2n) is 7.57. The molecule has 1 aliphatic rings. The van der Waals surface area contributed by atoms with Crippen molar-refractivity contribution in [1.29, 1.82) is 0 Å². The number of fused-ring (bicyclic) bond motifs is 1. The van der Waals surface area contributed by atoms with E-state index in [1.54, 1.807) is 24.2 Å². The Kier molecular flexibility index (Phi) is 5.37. The quantitative estimate of drug-likeness (QED) is 0.689. The molecule has 3 aromatic heterocycles. The SMILES string of the molecule is COc1ncc(-c2cnn(C)c2)c2sc(NC(=O)N3CC[C@H](CN(C)C)C3)nc12. The molecule has 1 aliphatic heterocycles. The Morgan fingerprint density at radius 1 is 1.41 bits per heavy atom. The van der Waals surface area contributed by atoms with Crippen LogP contribution in [0.15, 0.2) is 18.6 Å². The molecule has 0 saturated carbocycles. The minimum absolute atomic E-state index is 0.111. The number of aryl methyl sites for hydroxylation is 1. The molecule has 4 heterocycles. The van der Waals surface area contributed by atoms with Crippen LogP contribution in [0.5, 0.6) is 5.88 Å². The van der Waals surface area contributed by atoms with Gasteiger partial charge >= 0.3 is 6.03 Å². The zero-order valence-electron chi connectivity index (χ0n) is 17.0. The number of nitrogens with zero attached hydrogens (tertiary/aromatic N) is 6. The summed E-state index contributed by atoms with van der Waals surface area (Å²) in [6.45, 7) is 2.52. The van der Waals surface area contributed by atoms with Crippen LogP contribution in [0.2, 0.25) is 0 Å². The van der Waals surface area contributed by atoms with E-state index in [9.17, 15) is 4.79 Å². The molecule has 0 spiro atoms. The lowest BCUT2D eigenvalue weighted by Gasteiger charge is -2.18. The number of amides is 2. The van der Waals surface area contributed by atoms with Crippen LogP contribution in [-0.4, -0.2) is 76.4 Å². The van der Waals surface area contributed by atoms with E-state index in [4.69, 9.17) is 4.74 Å². The number of carbonyl (C=O) groups excluding carboxylic acids is 1. The second kappa shape index (κ2) is 7.96. The Hall–Kier alpha value is -2.72. The number of nitrogens with one attached hydrogen (secondary N) is 1. The number of hydrogen-bond acceptors (Lipinski definition) is 7. The van der Waals surface area contributed by atoms with E-state index in [2.05, 4.69) is 39.4 Å². The topological polar surface area (TPSA) is 88.4 Å². The summed E-state index contributed by atoms with van der Waals surface area (Å²) in [5, 5.41) is 7.74. The average molecular weight is 416 g/mol. The van der Waals surface area contributed by atoms with Gasteiger partial charge in [-0.05, 0) is 26.4 Å². The predicted molar refractivity (Wildman–Crippen MR) is 113 cm³/mol. The lowest BCUT2D eigenvalue weighted by Crippen LogP contribution is -2.34. The number of hydrogen-bond donors (Lipinski definition) is 1. The van der Waals surface area contributed by atoms with Crippen molar-refractivity contribution < 1.29 is 9.53 Å². The maximum absolute atomic E-state index is 12.7. The second-order valence-corrected chi connectivity index (χ2v) is 8.57. The van der Waals surface area contributed by atoms with Gasteiger partial charge in [-0.2, -0.15) is 5.10 Å². The van der Waals surface area contributed by atoms with Crippen molar-refractivity contribution in [3.05, 3.63) is 18.6 Å². The molecule has 1 fully saturated rings. The molecule has 29 heavy (non-hydrogen) atoms. The number of pyridine rings is 1. The highest BCUT2D eigenvalue weighted by Gasteiger charge is 2.27. The highest BCUT2D eigenvalue weighted by molar-refractivity contribution is 7.23. The maximum Gasteiger partial charge on any atom is 0.323 e. The molecule has 4 rings (SSSR count). The van der Waals surface area contributed by atoms with Crippen LogP contribution in [0.1, 0.15) is 6.42 Å². The third kappa shape index (κ3) is 4.03. The molecule has 0 aliphatic carbocycles. The predicted octanol–water partition coefficient (Wildman–Crippen LogP) is 2.52. The van der Waals surface area contributed by atoms with E-state index < -0.39 is 0 Å². The van der Waals surface area contributed by atoms with Gasteiger partial charge in [-0.15, -0.1) is 0 Å². The average Bonchev–Trinajstić information content (AvgIpc) is 3.40. The van der Waals surface area contributed by atoms with Gasteiger partial charge in [0, 0.05) is 50.2 Å². The zero-order valence-corrected chi connectivity index (χ0v) is 17.9. The molecule has 1 saturated heterocycles. The number of rotatable bonds is 5. The van der Waals surface area contributed by atoms with Gasteiger partial charge in [0.2, 0.25) is 5.88 Å². The first kappa shape index (κ1) is 19.6. The summed E-state index contributed by atoms with van der Waals surface area (Å²) in [5.41, 5.74) is 2.50. The van der Waals surface area contributed by atoms with E-state index >= 15 is 0 Å². The van der Waals surface area contributed by atoms with Gasteiger partial charge in [0.25, 0.3) is 0 Å². The molecular formula is C19H25N7O2S. The first-order chi connectivity index (χ1) is 13.9. The first-order valence-corrected chi connectivity index (χ1v) is 10.3. The summed E-state index contributed by atoms with van der Waals surface area (Å²) in [6.07, 6.45) is 6.49. The van der Waals surface area contributed by atoms with Crippen molar-refractivity contribution in [2.24, 2.45) is 13.0 Å². The van der Waals surface area contributed by atoms with Crippen molar-refractivity contribution >= 4 is 32.7 Å².